The third-order valence-corrected chi connectivity index (χ3v) is 7.86. The fraction of sp³-hybridized carbons (Fsp3) is 0.115. The predicted molar refractivity (Wildman–Crippen MR) is 144 cm³/mol. The van der Waals surface area contributed by atoms with Crippen LogP contribution in [0.5, 0.6) is 0 Å². The van der Waals surface area contributed by atoms with E-state index in [1.165, 1.54) is 19.2 Å². The van der Waals surface area contributed by atoms with Crippen molar-refractivity contribution in [2.45, 2.75) is 14.7 Å². The largest absolute Gasteiger partial charge is 0.383 e. The number of nitrogens with one attached hydrogen (secondary N) is 2. The third-order valence-electron chi connectivity index (χ3n) is 5.39. The van der Waals surface area contributed by atoms with Gasteiger partial charge in [0.25, 0.3) is 0 Å². The Labute approximate surface area is 219 Å². The first kappa shape index (κ1) is 24.9. The highest BCUT2D eigenvalue weighted by atomic mass is 32.2. The fourth-order valence-corrected chi connectivity index (χ4v) is 5.48. The molecule has 0 unspecified atom stereocenters. The van der Waals surface area contributed by atoms with Crippen molar-refractivity contribution in [2.75, 3.05) is 25.6 Å². The van der Waals surface area contributed by atoms with Crippen molar-refractivity contribution in [3.63, 3.8) is 0 Å². The van der Waals surface area contributed by atoms with E-state index >= 15 is 0 Å². The van der Waals surface area contributed by atoms with Gasteiger partial charge in [0, 0.05) is 41.5 Å². The summed E-state index contributed by atoms with van der Waals surface area (Å²) in [5.74, 6) is 0.385. The summed E-state index contributed by atoms with van der Waals surface area (Å²) in [6.07, 6.45) is 5.50. The average molecular weight is 533 g/mol. The van der Waals surface area contributed by atoms with E-state index in [0.29, 0.717) is 23.9 Å². The highest BCUT2D eigenvalue weighted by Crippen LogP contribution is 2.29. The molecule has 11 heteroatoms. The summed E-state index contributed by atoms with van der Waals surface area (Å²) in [5.41, 5.74) is 3.01. The van der Waals surface area contributed by atoms with E-state index in [2.05, 4.69) is 37.1 Å². The minimum atomic E-state index is -3.60. The van der Waals surface area contributed by atoms with Gasteiger partial charge in [-0.3, -0.25) is 4.40 Å². The van der Waals surface area contributed by atoms with Crippen LogP contribution in [0.1, 0.15) is 0 Å². The van der Waals surface area contributed by atoms with Crippen molar-refractivity contribution >= 4 is 39.1 Å². The van der Waals surface area contributed by atoms with Gasteiger partial charge in [-0.25, -0.2) is 28.1 Å². The maximum atomic E-state index is 12.4. The van der Waals surface area contributed by atoms with Crippen LogP contribution in [-0.4, -0.2) is 48.0 Å². The van der Waals surface area contributed by atoms with Crippen LogP contribution in [0.4, 0.5) is 11.6 Å². The second kappa shape index (κ2) is 11.1. The molecule has 0 atom stereocenters. The number of anilines is 2. The van der Waals surface area contributed by atoms with E-state index in [1.807, 2.05) is 47.0 Å². The van der Waals surface area contributed by atoms with Gasteiger partial charge in [0.05, 0.1) is 29.1 Å². The Morgan fingerprint density at radius 2 is 1.76 bits per heavy atom. The third kappa shape index (κ3) is 5.97. The maximum absolute atomic E-state index is 12.4. The van der Waals surface area contributed by atoms with Gasteiger partial charge in [-0.2, -0.15) is 0 Å². The van der Waals surface area contributed by atoms with E-state index in [-0.39, 0.29) is 11.4 Å². The van der Waals surface area contributed by atoms with Gasteiger partial charge >= 0.3 is 0 Å². The van der Waals surface area contributed by atoms with E-state index in [4.69, 9.17) is 4.74 Å². The summed E-state index contributed by atoms with van der Waals surface area (Å²) in [6.45, 7) is 0.501. The number of sulfonamides is 1. The first-order valence-corrected chi connectivity index (χ1v) is 13.7. The van der Waals surface area contributed by atoms with Crippen LogP contribution in [0.15, 0.2) is 106 Å². The lowest BCUT2D eigenvalue weighted by Crippen LogP contribution is -2.27. The average Bonchev–Trinajstić information content (AvgIpc) is 3.33. The molecule has 0 aliphatic heterocycles. The summed E-state index contributed by atoms with van der Waals surface area (Å²) < 4.78 is 34.1. The second-order valence-electron chi connectivity index (χ2n) is 7.96. The highest BCUT2D eigenvalue weighted by Gasteiger charge is 2.14. The van der Waals surface area contributed by atoms with Crippen LogP contribution in [0.2, 0.25) is 0 Å². The monoisotopic (exact) mass is 532 g/mol. The second-order valence-corrected chi connectivity index (χ2v) is 10.9. The van der Waals surface area contributed by atoms with Gasteiger partial charge in [-0.1, -0.05) is 30.0 Å². The van der Waals surface area contributed by atoms with Gasteiger partial charge in [-0.05, 0) is 54.6 Å². The number of nitrogens with zero attached hydrogens (tertiary/aromatic N) is 4. The zero-order chi connectivity index (χ0) is 25.7. The molecule has 188 valence electrons. The van der Waals surface area contributed by atoms with Gasteiger partial charge in [0.2, 0.25) is 16.0 Å². The van der Waals surface area contributed by atoms with Crippen molar-refractivity contribution < 1.29 is 13.2 Å². The Morgan fingerprint density at radius 1 is 0.946 bits per heavy atom. The Balaban J connectivity index is 1.35. The van der Waals surface area contributed by atoms with Gasteiger partial charge in [-0.15, -0.1) is 0 Å². The lowest BCUT2D eigenvalue weighted by molar-refractivity contribution is 0.204. The van der Waals surface area contributed by atoms with Crippen LogP contribution < -0.4 is 10.0 Å². The molecular formula is C26H24N6O3S2. The molecule has 5 rings (SSSR count). The van der Waals surface area contributed by atoms with Gasteiger partial charge < -0.3 is 10.1 Å². The molecule has 3 aromatic heterocycles. The smallest absolute Gasteiger partial charge is 0.240 e. The summed E-state index contributed by atoms with van der Waals surface area (Å²) >= 11 is 1.68. The maximum Gasteiger partial charge on any atom is 0.240 e. The van der Waals surface area contributed by atoms with Crippen LogP contribution in [-0.2, 0) is 14.8 Å². The Morgan fingerprint density at radius 3 is 2.54 bits per heavy atom. The molecule has 37 heavy (non-hydrogen) atoms. The molecule has 0 aliphatic rings. The van der Waals surface area contributed by atoms with Crippen molar-refractivity contribution in [1.82, 2.24) is 24.1 Å². The number of hydrogen-bond donors (Lipinski definition) is 2. The molecule has 0 saturated carbocycles. The summed E-state index contributed by atoms with van der Waals surface area (Å²) in [4.78, 5) is 15.9. The van der Waals surface area contributed by atoms with Crippen molar-refractivity contribution in [1.29, 1.82) is 0 Å². The van der Waals surface area contributed by atoms with Crippen LogP contribution in [0.25, 0.3) is 17.0 Å². The number of rotatable bonds is 10. The number of ether oxygens (including phenoxy) is 1. The molecule has 0 bridgehead atoms. The molecule has 0 amide bonds. The standard InChI is InChI=1S/C26H24N6O3S2/c1-35-16-15-29-37(33,34)22-10-7-19(8-11-22)30-26-27-14-13-23(31-26)24-17-28-25-12-9-21(18-32(24)25)36-20-5-3-2-4-6-20/h2-14,17-18,29H,15-16H2,1H3,(H,27,30,31). The van der Waals surface area contributed by atoms with Gasteiger partial charge in [0.1, 0.15) is 5.65 Å². The van der Waals surface area contributed by atoms with E-state index in [9.17, 15) is 8.42 Å². The number of imidazole rings is 1. The number of benzene rings is 2. The number of pyridine rings is 1. The van der Waals surface area contributed by atoms with Crippen molar-refractivity contribution in [3.8, 4) is 11.4 Å². The lowest BCUT2D eigenvalue weighted by atomic mass is 10.3. The number of aromatic nitrogens is 4. The zero-order valence-corrected chi connectivity index (χ0v) is 21.5. The fourth-order valence-electron chi connectivity index (χ4n) is 3.61. The predicted octanol–water partition coefficient (Wildman–Crippen LogP) is 4.61. The zero-order valence-electron chi connectivity index (χ0n) is 19.9. The molecule has 0 saturated heterocycles. The lowest BCUT2D eigenvalue weighted by Gasteiger charge is -2.09. The normalized spacial score (nSPS) is 11.6. The molecule has 0 aliphatic carbocycles. The Kier molecular flexibility index (Phi) is 7.47. The van der Waals surface area contributed by atoms with E-state index in [0.717, 1.165) is 21.1 Å². The quantitative estimate of drug-likeness (QED) is 0.251. The Bertz CT molecular complexity index is 1610. The van der Waals surface area contributed by atoms with Crippen LogP contribution in [0.3, 0.4) is 0 Å². The summed E-state index contributed by atoms with van der Waals surface area (Å²) in [7, 11) is -2.09. The molecular weight excluding hydrogens is 508 g/mol. The summed E-state index contributed by atoms with van der Waals surface area (Å²) in [5, 5.41) is 3.14. The molecule has 0 spiro atoms. The SMILES string of the molecule is COCCNS(=O)(=O)c1ccc(Nc2nccc(-c3cnc4ccc(Sc5ccccc5)cn34)n2)cc1. The van der Waals surface area contributed by atoms with Gasteiger partial charge in [0.15, 0.2) is 0 Å². The van der Waals surface area contributed by atoms with Crippen molar-refractivity contribution in [3.05, 3.63) is 91.4 Å². The van der Waals surface area contributed by atoms with Crippen LogP contribution in [0, 0.1) is 0 Å². The molecule has 2 N–H and O–H groups in total. The first-order valence-electron chi connectivity index (χ1n) is 11.4. The highest BCUT2D eigenvalue weighted by molar-refractivity contribution is 7.99. The minimum absolute atomic E-state index is 0.165. The van der Waals surface area contributed by atoms with E-state index < -0.39 is 10.0 Å². The van der Waals surface area contributed by atoms with Crippen molar-refractivity contribution in [2.24, 2.45) is 0 Å². The van der Waals surface area contributed by atoms with Crippen LogP contribution >= 0.6 is 11.8 Å². The minimum Gasteiger partial charge on any atom is -0.383 e. The molecule has 9 nitrogen and oxygen atoms in total. The topological polar surface area (TPSA) is 111 Å². The number of hydrogen-bond acceptors (Lipinski definition) is 8. The summed E-state index contributed by atoms with van der Waals surface area (Å²) in [6, 6.07) is 22.4. The van der Waals surface area contributed by atoms with E-state index in [1.54, 1.807) is 36.3 Å². The number of fused-ring (bicyclic) bond motifs is 1. The number of methoxy groups -OCH3 is 1. The molecule has 2 aromatic carbocycles. The molecule has 0 radical (unpaired) electrons. The molecule has 3 heterocycles. The molecule has 0 fully saturated rings. The first-order chi connectivity index (χ1) is 18.0. The molecule has 5 aromatic rings. The Hall–Kier alpha value is -3.77.